The summed E-state index contributed by atoms with van der Waals surface area (Å²) >= 11 is 0. The second kappa shape index (κ2) is 7.86. The highest BCUT2D eigenvalue weighted by molar-refractivity contribution is 5.70. The molecule has 0 radical (unpaired) electrons. The number of aryl methyl sites for hydroxylation is 1. The number of rotatable bonds is 4. The van der Waals surface area contributed by atoms with Crippen molar-refractivity contribution in [3.63, 3.8) is 0 Å². The largest absolute Gasteiger partial charge is 0.507 e. The third-order valence-corrected chi connectivity index (χ3v) is 6.72. The molecule has 3 aromatic rings. The van der Waals surface area contributed by atoms with Crippen LogP contribution in [0.5, 0.6) is 5.75 Å². The molecule has 9 heteroatoms. The molecule has 8 nitrogen and oxygen atoms in total. The van der Waals surface area contributed by atoms with E-state index in [0.717, 1.165) is 25.7 Å². The topological polar surface area (TPSA) is 92.9 Å². The van der Waals surface area contributed by atoms with Crippen molar-refractivity contribution in [2.45, 2.75) is 44.3 Å². The molecule has 0 amide bonds. The maximum Gasteiger partial charge on any atom is 0.185 e. The minimum atomic E-state index is -0.847. The average Bonchev–Trinajstić information content (AvgIpc) is 3.22. The first-order valence-electron chi connectivity index (χ1n) is 10.8. The predicted molar refractivity (Wildman–Crippen MR) is 114 cm³/mol. The van der Waals surface area contributed by atoms with Gasteiger partial charge in [0.2, 0.25) is 0 Å². The maximum absolute atomic E-state index is 15.1. The monoisotopic (exact) mass is 423 g/mol. The summed E-state index contributed by atoms with van der Waals surface area (Å²) in [4.78, 5) is 10.5. The molecule has 2 aliphatic carbocycles. The van der Waals surface area contributed by atoms with Gasteiger partial charge in [-0.3, -0.25) is 4.68 Å². The highest BCUT2D eigenvalue weighted by Gasteiger charge is 2.42. The molecule has 1 N–H and O–H groups in total. The number of fused-ring (bicyclic) bond motifs is 2. The molecule has 0 unspecified atom stereocenters. The number of hydrogen-bond acceptors (Lipinski definition) is 7. The smallest absolute Gasteiger partial charge is 0.185 e. The van der Waals surface area contributed by atoms with E-state index in [1.807, 2.05) is 18.0 Å². The number of anilines is 1. The Morgan fingerprint density at radius 3 is 2.71 bits per heavy atom. The zero-order valence-corrected chi connectivity index (χ0v) is 17.7. The van der Waals surface area contributed by atoms with Crippen molar-refractivity contribution in [2.75, 3.05) is 11.9 Å². The van der Waals surface area contributed by atoms with E-state index >= 15 is 4.39 Å². The summed E-state index contributed by atoms with van der Waals surface area (Å²) in [5.74, 6) is 2.17. The quantitative estimate of drug-likeness (QED) is 0.687. The van der Waals surface area contributed by atoms with Crippen LogP contribution in [-0.2, 0) is 7.05 Å². The van der Waals surface area contributed by atoms with Crippen LogP contribution < -0.4 is 4.90 Å². The molecule has 2 heterocycles. The first kappa shape index (κ1) is 19.8. The number of hydrogen-bond donors (Lipinski definition) is 1. The Balaban J connectivity index is 1.35. The lowest BCUT2D eigenvalue weighted by molar-refractivity contribution is 0.0656. The summed E-state index contributed by atoms with van der Waals surface area (Å²) in [5.41, 5.74) is 1.17. The zero-order valence-electron chi connectivity index (χ0n) is 17.7. The third kappa shape index (κ3) is 3.73. The second-order valence-corrected chi connectivity index (χ2v) is 8.76. The number of aromatic hydroxyl groups is 1. The molecule has 4 atom stereocenters. The van der Waals surface area contributed by atoms with Gasteiger partial charge in [-0.05, 0) is 43.2 Å². The SMILES string of the molecule is CN(c1cnc(-c2ccc(-c3ncn(C)n3)cc2O)nn1)[C@H]1C[C@@H]2CCC[C@@H](C2)[C@H]1F. The lowest BCUT2D eigenvalue weighted by Gasteiger charge is -2.45. The Morgan fingerprint density at radius 1 is 1.13 bits per heavy atom. The van der Waals surface area contributed by atoms with Gasteiger partial charge in [0.05, 0.1) is 17.8 Å². The van der Waals surface area contributed by atoms with E-state index in [1.54, 1.807) is 36.4 Å². The molecule has 1 aromatic carbocycles. The standard InChI is InChI=1S/C22H26FN7O/c1-29-12-25-21(28-29)15-6-7-16(18(31)10-15)22-24-11-19(26-27-22)30(2)17-9-13-4-3-5-14(8-13)20(17)23/h6-7,10-14,17,20,31H,3-5,8-9H2,1-2H3/t13-,14+,17+,20-/m1/s1. The van der Waals surface area contributed by atoms with Crippen LogP contribution in [0.2, 0.25) is 0 Å². The van der Waals surface area contributed by atoms with Gasteiger partial charge in [-0.15, -0.1) is 10.2 Å². The van der Waals surface area contributed by atoms with Crippen molar-refractivity contribution in [3.05, 3.63) is 30.7 Å². The normalized spacial score (nSPS) is 25.4. The van der Waals surface area contributed by atoms with Crippen LogP contribution in [-0.4, -0.2) is 54.3 Å². The van der Waals surface area contributed by atoms with E-state index < -0.39 is 6.17 Å². The number of halogens is 1. The van der Waals surface area contributed by atoms with Crippen LogP contribution in [0.1, 0.15) is 32.1 Å². The van der Waals surface area contributed by atoms with Gasteiger partial charge in [-0.2, -0.15) is 5.10 Å². The molecular weight excluding hydrogens is 397 g/mol. The van der Waals surface area contributed by atoms with Gasteiger partial charge < -0.3 is 10.0 Å². The minimum Gasteiger partial charge on any atom is -0.507 e. The molecule has 162 valence electrons. The highest BCUT2D eigenvalue weighted by Crippen LogP contribution is 2.43. The molecule has 2 fully saturated rings. The van der Waals surface area contributed by atoms with E-state index in [9.17, 15) is 5.11 Å². The molecule has 0 aliphatic heterocycles. The molecule has 2 saturated carbocycles. The van der Waals surface area contributed by atoms with Gasteiger partial charge in [0, 0.05) is 19.7 Å². The molecule has 31 heavy (non-hydrogen) atoms. The summed E-state index contributed by atoms with van der Waals surface area (Å²) < 4.78 is 16.7. The summed E-state index contributed by atoms with van der Waals surface area (Å²) in [7, 11) is 3.66. The Morgan fingerprint density at radius 2 is 2.00 bits per heavy atom. The van der Waals surface area contributed by atoms with Gasteiger partial charge >= 0.3 is 0 Å². The second-order valence-electron chi connectivity index (χ2n) is 8.76. The lowest BCUT2D eigenvalue weighted by Crippen LogP contribution is -2.49. The molecular formula is C22H26FN7O. The number of benzene rings is 1. The van der Waals surface area contributed by atoms with Crippen molar-refractivity contribution in [1.82, 2.24) is 29.9 Å². The van der Waals surface area contributed by atoms with Gasteiger partial charge in [0.1, 0.15) is 18.2 Å². The zero-order chi connectivity index (χ0) is 21.5. The van der Waals surface area contributed by atoms with Crippen LogP contribution in [0.4, 0.5) is 10.2 Å². The summed E-state index contributed by atoms with van der Waals surface area (Å²) in [5, 5.41) is 23.2. The molecule has 2 aliphatic rings. The third-order valence-electron chi connectivity index (χ3n) is 6.72. The van der Waals surface area contributed by atoms with Crippen LogP contribution in [0.25, 0.3) is 22.8 Å². The van der Waals surface area contributed by atoms with Crippen molar-refractivity contribution < 1.29 is 9.50 Å². The fraction of sp³-hybridized carbons (Fsp3) is 0.500. The first-order valence-corrected chi connectivity index (χ1v) is 10.8. The Labute approximate surface area is 180 Å². The number of alkyl halides is 1. The van der Waals surface area contributed by atoms with Gasteiger partial charge in [0.15, 0.2) is 17.5 Å². The minimum absolute atomic E-state index is 0.0248. The highest BCUT2D eigenvalue weighted by atomic mass is 19.1. The van der Waals surface area contributed by atoms with Crippen LogP contribution in [0.15, 0.2) is 30.7 Å². The van der Waals surface area contributed by atoms with Gasteiger partial charge in [-0.1, -0.05) is 18.9 Å². The summed E-state index contributed by atoms with van der Waals surface area (Å²) in [6.45, 7) is 0. The summed E-state index contributed by atoms with van der Waals surface area (Å²) in [6.07, 6.45) is 7.53. The van der Waals surface area contributed by atoms with Crippen LogP contribution in [0.3, 0.4) is 0 Å². The van der Waals surface area contributed by atoms with Crippen LogP contribution >= 0.6 is 0 Å². The van der Waals surface area contributed by atoms with E-state index in [0.29, 0.717) is 34.5 Å². The maximum atomic E-state index is 15.1. The predicted octanol–water partition coefficient (Wildman–Crippen LogP) is 3.39. The number of phenols is 1. The Bertz CT molecular complexity index is 1070. The first-order chi connectivity index (χ1) is 15.0. The molecule has 2 bridgehead atoms. The fourth-order valence-corrected chi connectivity index (χ4v) is 5.05. The van der Waals surface area contributed by atoms with Crippen molar-refractivity contribution in [2.24, 2.45) is 18.9 Å². The number of nitrogens with zero attached hydrogens (tertiary/aromatic N) is 7. The fourth-order valence-electron chi connectivity index (χ4n) is 5.05. The Hall–Kier alpha value is -3.10. The lowest BCUT2D eigenvalue weighted by atomic mass is 9.69. The van der Waals surface area contributed by atoms with Crippen molar-refractivity contribution >= 4 is 5.82 Å². The van der Waals surface area contributed by atoms with Gasteiger partial charge in [-0.25, -0.2) is 14.4 Å². The average molecular weight is 423 g/mol. The van der Waals surface area contributed by atoms with E-state index in [2.05, 4.69) is 25.3 Å². The molecule has 5 rings (SSSR count). The van der Waals surface area contributed by atoms with Crippen LogP contribution in [0, 0.1) is 11.8 Å². The van der Waals surface area contributed by atoms with E-state index in [4.69, 9.17) is 0 Å². The molecule has 0 saturated heterocycles. The number of phenolic OH excluding ortho intramolecular Hbond substituents is 1. The van der Waals surface area contributed by atoms with E-state index in [1.165, 1.54) is 6.42 Å². The Kier molecular flexibility index (Phi) is 5.03. The van der Waals surface area contributed by atoms with Crippen molar-refractivity contribution in [3.8, 4) is 28.5 Å². The van der Waals surface area contributed by atoms with Crippen molar-refractivity contribution in [1.29, 1.82) is 0 Å². The van der Waals surface area contributed by atoms with Gasteiger partial charge in [0.25, 0.3) is 0 Å². The van der Waals surface area contributed by atoms with E-state index in [-0.39, 0.29) is 17.7 Å². The molecule has 2 aromatic heterocycles. The number of aromatic nitrogens is 6. The molecule has 0 spiro atoms. The summed E-state index contributed by atoms with van der Waals surface area (Å²) in [6, 6.07) is 4.93.